The maximum atomic E-state index is 14.4. The lowest BCUT2D eigenvalue weighted by Crippen LogP contribution is -2.61. The van der Waals surface area contributed by atoms with E-state index in [1.165, 1.54) is 38.1 Å². The first kappa shape index (κ1) is 92.9. The maximum absolute atomic E-state index is 14.4. The molecule has 0 saturated heterocycles. The van der Waals surface area contributed by atoms with Gasteiger partial charge >= 0.3 is 5.97 Å². The number of carboxylic acids is 1. The van der Waals surface area contributed by atoms with Gasteiger partial charge in [-0.3, -0.25) is 57.5 Å². The van der Waals surface area contributed by atoms with Gasteiger partial charge in [-0.25, -0.2) is 4.79 Å². The van der Waals surface area contributed by atoms with Gasteiger partial charge in [-0.1, -0.05) is 102 Å². The zero-order valence-corrected chi connectivity index (χ0v) is 63.3. The number of unbranched alkanes of at least 4 members (excludes halogenated alkanes) is 4. The number of rotatable bonds is 51. The van der Waals surface area contributed by atoms with Crippen molar-refractivity contribution in [1.29, 1.82) is 0 Å². The SMILES string of the molecule is CC(C)C[C@H](NC(=O)[C@H](C)NC(=O)[C@H](C)NC(=O)[C@@H](NC(=O)[C@@H](NC(=O)[C@H](CCCCN)NC(=O)[C@H](CCCCN)NC(=O)[C@H](CCCCN)NC(=O)[C@@H](N)CCCCN)C(C)C)C(C)C)C(=O)N[C@@H](Cc1ccc(O)cc1)C(=O)N[C@H](C(=O)N[C@@H](CC(C)C)C(=O)N[C@H](C(=O)O)C(C)C)C(C)C. The smallest absolute Gasteiger partial charge is 0.326 e. The van der Waals surface area contributed by atoms with Gasteiger partial charge in [0.05, 0.1) is 6.04 Å². The Hall–Kier alpha value is -8.07. The van der Waals surface area contributed by atoms with Crippen LogP contribution in [0.3, 0.4) is 0 Å². The normalized spacial score (nSPS) is 15.3. The monoisotopic (exact) mass is 1460 g/mol. The highest BCUT2D eigenvalue weighted by atomic mass is 16.4. The molecule has 1 rings (SSSR count). The number of carbonyl (C=O) groups excluding carboxylic acids is 12. The minimum Gasteiger partial charge on any atom is -0.508 e. The van der Waals surface area contributed by atoms with Gasteiger partial charge in [0, 0.05) is 6.42 Å². The zero-order valence-electron chi connectivity index (χ0n) is 63.3. The number of amides is 12. The third-order valence-electron chi connectivity index (χ3n) is 17.2. The number of aliphatic carboxylic acids is 1. The van der Waals surface area contributed by atoms with Crippen LogP contribution in [-0.4, -0.2) is 192 Å². The molecule has 0 bridgehead atoms. The molecule has 12 amide bonds. The van der Waals surface area contributed by atoms with Crippen LogP contribution in [0.25, 0.3) is 0 Å². The quantitative estimate of drug-likeness (QED) is 0.0363. The van der Waals surface area contributed by atoms with E-state index in [4.69, 9.17) is 28.7 Å². The van der Waals surface area contributed by atoms with Gasteiger partial charge in [0.15, 0.2) is 0 Å². The van der Waals surface area contributed by atoms with Gasteiger partial charge in [-0.15, -0.1) is 0 Å². The zero-order chi connectivity index (χ0) is 78.4. The number of carboxylic acid groups (broad SMARTS) is 1. The number of nitrogens with two attached hydrogens (primary N) is 5. The maximum Gasteiger partial charge on any atom is 0.326 e. The molecule has 0 radical (unpaired) electrons. The van der Waals surface area contributed by atoms with E-state index in [1.807, 2.05) is 13.8 Å². The van der Waals surface area contributed by atoms with Crippen LogP contribution in [0.2, 0.25) is 0 Å². The lowest BCUT2D eigenvalue weighted by Gasteiger charge is -2.30. The summed E-state index contributed by atoms with van der Waals surface area (Å²) < 4.78 is 0. The van der Waals surface area contributed by atoms with Crippen LogP contribution in [0, 0.1) is 35.5 Å². The van der Waals surface area contributed by atoms with Crippen LogP contribution < -0.4 is 92.5 Å². The van der Waals surface area contributed by atoms with Gasteiger partial charge < -0.3 is 103 Å². The number of nitrogens with one attached hydrogen (secondary N) is 12. The van der Waals surface area contributed by atoms with Crippen molar-refractivity contribution >= 4 is 76.9 Å². The number of hydrogen-bond acceptors (Lipinski definition) is 19. The average Bonchev–Trinajstić information content (AvgIpc) is 0.858. The van der Waals surface area contributed by atoms with E-state index in [9.17, 15) is 72.5 Å². The van der Waals surface area contributed by atoms with Crippen LogP contribution in [0.15, 0.2) is 24.3 Å². The second-order valence-corrected chi connectivity index (χ2v) is 29.0. The molecular weight excluding hydrogens is 1330 g/mol. The third kappa shape index (κ3) is 35.3. The first-order valence-electron chi connectivity index (χ1n) is 36.5. The molecular formula is C71H127N17O15. The molecule has 586 valence electrons. The number of hydrogen-bond donors (Lipinski definition) is 19. The van der Waals surface area contributed by atoms with Gasteiger partial charge in [-0.05, 0) is 177 Å². The van der Waals surface area contributed by atoms with E-state index in [0.29, 0.717) is 83.0 Å². The molecule has 32 heteroatoms. The van der Waals surface area contributed by atoms with Crippen molar-refractivity contribution in [2.24, 2.45) is 64.2 Å². The number of benzene rings is 1. The molecule has 0 saturated carbocycles. The van der Waals surface area contributed by atoms with Crippen LogP contribution in [-0.2, 0) is 68.7 Å². The van der Waals surface area contributed by atoms with Crippen LogP contribution in [0.1, 0.15) is 192 Å². The molecule has 0 aliphatic heterocycles. The minimum absolute atomic E-state index is 0.0377. The predicted octanol–water partition coefficient (Wildman–Crippen LogP) is -0.564. The molecule has 0 aromatic heterocycles. The molecule has 1 aromatic rings. The number of carbonyl (C=O) groups is 13. The van der Waals surface area contributed by atoms with Gasteiger partial charge in [0.1, 0.15) is 78.3 Å². The number of phenols is 1. The van der Waals surface area contributed by atoms with Crippen molar-refractivity contribution in [3.63, 3.8) is 0 Å². The lowest BCUT2D eigenvalue weighted by molar-refractivity contribution is -0.143. The highest BCUT2D eigenvalue weighted by molar-refractivity contribution is 6.00. The summed E-state index contributed by atoms with van der Waals surface area (Å²) in [5.74, 6) is -13.0. The summed E-state index contributed by atoms with van der Waals surface area (Å²) in [5, 5.41) is 52.0. The highest BCUT2D eigenvalue weighted by Crippen LogP contribution is 2.17. The van der Waals surface area contributed by atoms with E-state index in [1.54, 1.807) is 69.2 Å². The summed E-state index contributed by atoms with van der Waals surface area (Å²) in [5.41, 5.74) is 29.6. The Labute approximate surface area is 608 Å². The second kappa shape index (κ2) is 48.8. The third-order valence-corrected chi connectivity index (χ3v) is 17.2. The molecule has 0 spiro atoms. The molecule has 0 aliphatic rings. The van der Waals surface area contributed by atoms with Crippen molar-refractivity contribution in [3.8, 4) is 5.75 Å². The van der Waals surface area contributed by atoms with Crippen molar-refractivity contribution in [2.45, 2.75) is 272 Å². The predicted molar refractivity (Wildman–Crippen MR) is 392 cm³/mol. The molecule has 0 aliphatic carbocycles. The highest BCUT2D eigenvalue weighted by Gasteiger charge is 2.38. The largest absolute Gasteiger partial charge is 0.508 e. The number of phenolic OH excluding ortho intramolecular Hbond substituents is 1. The Kier molecular flexibility index (Phi) is 44.0. The Morgan fingerprint density at radius 1 is 0.320 bits per heavy atom. The first-order valence-corrected chi connectivity index (χ1v) is 36.5. The summed E-state index contributed by atoms with van der Waals surface area (Å²) in [6, 6.07) is -10.2. The van der Waals surface area contributed by atoms with Gasteiger partial charge in [0.2, 0.25) is 70.9 Å². The second-order valence-electron chi connectivity index (χ2n) is 29.0. The van der Waals surface area contributed by atoms with Gasteiger partial charge in [0.25, 0.3) is 0 Å². The first-order chi connectivity index (χ1) is 48.3. The van der Waals surface area contributed by atoms with E-state index in [0.717, 1.165) is 0 Å². The summed E-state index contributed by atoms with van der Waals surface area (Å²) >= 11 is 0. The summed E-state index contributed by atoms with van der Waals surface area (Å²) in [6.45, 7) is 24.4. The fraction of sp³-hybridized carbons (Fsp3) is 0.732. The molecule has 32 nitrogen and oxygen atoms in total. The standard InChI is InChI=1S/C71H127N17O15/c1-38(2)35-52(65(96)83-54(37-46-27-29-47(89)30-28-46)67(98)86-56(41(7)8)69(100)84-53(36-39(3)4)66(97)88-58(43(11)12)71(102)103)82-60(91)45(14)77-59(90)44(13)78-68(99)55(40(5)6)87-70(101)57(42(9)10)85-64(95)51(26-18-22-34-75)81-63(94)50(25-17-21-33-74)80-62(93)49(24-16-20-32-73)79-61(92)48(76)23-15-19-31-72/h27-30,38-45,48-58,89H,15-26,31-37,72-76H2,1-14H3,(H,77,90)(H,78,99)(H,79,92)(H,80,93)(H,81,94)(H,82,91)(H,83,96)(H,84,100)(H,85,95)(H,86,98)(H,87,101)(H,88,97)(H,102,103)/t44-,45-,48-,49-,50-,51-,52-,53-,54-,55-,56-,57-,58-/m0/s1. The van der Waals surface area contributed by atoms with Crippen molar-refractivity contribution in [3.05, 3.63) is 29.8 Å². The van der Waals surface area contributed by atoms with Gasteiger partial charge in [-0.2, -0.15) is 0 Å². The summed E-state index contributed by atoms with van der Waals surface area (Å²) in [7, 11) is 0. The molecule has 103 heavy (non-hydrogen) atoms. The fourth-order valence-corrected chi connectivity index (χ4v) is 11.0. The minimum atomic E-state index is -1.41. The Morgan fingerprint density at radius 2 is 0.592 bits per heavy atom. The number of aromatic hydroxyl groups is 1. The molecule has 1 aromatic carbocycles. The Bertz CT molecular complexity index is 2860. The molecule has 0 unspecified atom stereocenters. The van der Waals surface area contributed by atoms with Crippen molar-refractivity contribution in [1.82, 2.24) is 63.8 Å². The molecule has 0 heterocycles. The Morgan fingerprint density at radius 3 is 0.971 bits per heavy atom. The fourth-order valence-electron chi connectivity index (χ4n) is 11.0. The molecule has 0 fully saturated rings. The van der Waals surface area contributed by atoms with E-state index >= 15 is 0 Å². The van der Waals surface area contributed by atoms with Crippen LogP contribution in [0.5, 0.6) is 5.75 Å². The average molecular weight is 1460 g/mol. The van der Waals surface area contributed by atoms with Crippen LogP contribution >= 0.6 is 0 Å². The van der Waals surface area contributed by atoms with E-state index in [-0.39, 0.29) is 62.7 Å². The van der Waals surface area contributed by atoms with Crippen molar-refractivity contribution in [2.75, 3.05) is 26.2 Å². The van der Waals surface area contributed by atoms with Crippen molar-refractivity contribution < 1.29 is 72.5 Å². The van der Waals surface area contributed by atoms with Crippen LogP contribution in [0.4, 0.5) is 0 Å². The molecule has 13 atom stereocenters. The topological polar surface area (TPSA) is 537 Å². The summed E-state index contributed by atoms with van der Waals surface area (Å²) in [6.07, 6.45) is 4.79. The summed E-state index contributed by atoms with van der Waals surface area (Å²) in [4.78, 5) is 180. The molecule has 24 N–H and O–H groups in total. The Balaban J connectivity index is 3.41. The lowest BCUT2D eigenvalue weighted by atomic mass is 9.97. The van der Waals surface area contributed by atoms with E-state index in [2.05, 4.69) is 63.8 Å². The van der Waals surface area contributed by atoms with E-state index < -0.39 is 179 Å².